The zero-order valence-electron chi connectivity index (χ0n) is 9.47. The Morgan fingerprint density at radius 3 is 2.72 bits per heavy atom. The van der Waals surface area contributed by atoms with E-state index in [1.165, 1.54) is 17.4 Å². The number of carbonyl (C=O) groups is 1. The minimum atomic E-state index is -0.851. The topological polar surface area (TPSA) is 17.1 Å². The molecule has 0 saturated carbocycles. The van der Waals surface area contributed by atoms with E-state index in [2.05, 4.69) is 15.9 Å². The summed E-state index contributed by atoms with van der Waals surface area (Å²) < 4.78 is 27.6. The molecule has 2 aromatic rings. The molecule has 0 N–H and O–H groups in total. The molecule has 0 aliphatic rings. The summed E-state index contributed by atoms with van der Waals surface area (Å²) in [4.78, 5) is 12.6. The minimum absolute atomic E-state index is 0.0851. The first-order valence-electron chi connectivity index (χ1n) is 5.30. The third-order valence-corrected chi connectivity index (χ3v) is 4.17. The van der Waals surface area contributed by atoms with Gasteiger partial charge in [-0.25, -0.2) is 8.78 Å². The quantitative estimate of drug-likeness (QED) is 0.594. The van der Waals surface area contributed by atoms with E-state index in [0.717, 1.165) is 11.6 Å². The molecule has 94 valence electrons. The number of ketones is 1. The lowest BCUT2D eigenvalue weighted by Crippen LogP contribution is -2.08. The fraction of sp³-hybridized carbons (Fsp3) is 0.154. The summed E-state index contributed by atoms with van der Waals surface area (Å²) in [5.41, 5.74) is 0.310. The third-order valence-electron chi connectivity index (χ3n) is 2.60. The largest absolute Gasteiger partial charge is 0.287 e. The Kier molecular flexibility index (Phi) is 3.92. The molecule has 1 aromatic carbocycles. The Bertz CT molecular complexity index is 607. The van der Waals surface area contributed by atoms with Crippen LogP contribution in [0, 0.1) is 11.6 Å². The normalized spacial score (nSPS) is 10.7. The van der Waals surface area contributed by atoms with Gasteiger partial charge in [0.2, 0.25) is 5.78 Å². The highest BCUT2D eigenvalue weighted by Gasteiger charge is 2.23. The van der Waals surface area contributed by atoms with E-state index in [1.54, 1.807) is 11.4 Å². The zero-order chi connectivity index (χ0) is 13.3. The molecule has 0 radical (unpaired) electrons. The molecule has 0 amide bonds. The van der Waals surface area contributed by atoms with Crippen molar-refractivity contribution in [3.8, 4) is 0 Å². The van der Waals surface area contributed by atoms with Crippen molar-refractivity contribution in [1.82, 2.24) is 0 Å². The van der Waals surface area contributed by atoms with Crippen molar-refractivity contribution in [2.24, 2.45) is 0 Å². The summed E-state index contributed by atoms with van der Waals surface area (Å²) >= 11 is 4.16. The molecular formula is C13H9BrF2OS. The number of aryl methyl sites for hydroxylation is 1. The van der Waals surface area contributed by atoms with Crippen molar-refractivity contribution in [3.05, 3.63) is 55.7 Å². The molecular weight excluding hydrogens is 322 g/mol. The first-order chi connectivity index (χ1) is 8.56. The van der Waals surface area contributed by atoms with Gasteiger partial charge in [-0.1, -0.05) is 6.92 Å². The van der Waals surface area contributed by atoms with E-state index < -0.39 is 23.0 Å². The second kappa shape index (κ2) is 5.28. The van der Waals surface area contributed by atoms with Crippen molar-refractivity contribution in [3.63, 3.8) is 0 Å². The number of hydrogen-bond acceptors (Lipinski definition) is 2. The van der Waals surface area contributed by atoms with Crippen molar-refractivity contribution in [2.45, 2.75) is 13.3 Å². The van der Waals surface area contributed by atoms with Crippen LogP contribution < -0.4 is 0 Å². The summed E-state index contributed by atoms with van der Waals surface area (Å²) in [5.74, 6) is -2.29. The van der Waals surface area contributed by atoms with Crippen LogP contribution in [0.4, 0.5) is 8.78 Å². The second-order valence-corrected chi connectivity index (χ2v) is 5.45. The van der Waals surface area contributed by atoms with Crippen LogP contribution in [-0.2, 0) is 6.42 Å². The zero-order valence-corrected chi connectivity index (χ0v) is 11.9. The van der Waals surface area contributed by atoms with Gasteiger partial charge in [0.25, 0.3) is 0 Å². The summed E-state index contributed by atoms with van der Waals surface area (Å²) in [6, 6.07) is 4.13. The van der Waals surface area contributed by atoms with E-state index in [9.17, 15) is 13.6 Å². The van der Waals surface area contributed by atoms with Gasteiger partial charge in [0.1, 0.15) is 5.82 Å². The van der Waals surface area contributed by atoms with Gasteiger partial charge in [-0.05, 0) is 51.5 Å². The van der Waals surface area contributed by atoms with E-state index in [1.807, 2.05) is 6.92 Å². The number of benzene rings is 1. The molecule has 0 fully saturated rings. The molecule has 0 unspecified atom stereocenters. The molecule has 0 spiro atoms. The van der Waals surface area contributed by atoms with E-state index in [0.29, 0.717) is 11.3 Å². The van der Waals surface area contributed by atoms with Gasteiger partial charge in [-0.2, -0.15) is 0 Å². The van der Waals surface area contributed by atoms with E-state index >= 15 is 0 Å². The average Bonchev–Trinajstić information content (AvgIpc) is 2.82. The summed E-state index contributed by atoms with van der Waals surface area (Å²) in [6.45, 7) is 1.90. The number of hydrogen-bond donors (Lipinski definition) is 0. The highest BCUT2D eigenvalue weighted by Crippen LogP contribution is 2.27. The van der Waals surface area contributed by atoms with Crippen molar-refractivity contribution in [1.29, 1.82) is 0 Å². The molecule has 1 aromatic heterocycles. The van der Waals surface area contributed by atoms with Gasteiger partial charge in [0.05, 0.1) is 14.9 Å². The van der Waals surface area contributed by atoms with Gasteiger partial charge in [-0.15, -0.1) is 11.3 Å². The van der Waals surface area contributed by atoms with Gasteiger partial charge in [-0.3, -0.25) is 4.79 Å². The number of rotatable bonds is 3. The molecule has 0 aliphatic carbocycles. The monoisotopic (exact) mass is 330 g/mol. The second-order valence-electron chi connectivity index (χ2n) is 3.68. The molecule has 1 heterocycles. The van der Waals surface area contributed by atoms with Crippen LogP contribution in [0.25, 0.3) is 0 Å². The van der Waals surface area contributed by atoms with Gasteiger partial charge < -0.3 is 0 Å². The fourth-order valence-electron chi connectivity index (χ4n) is 1.66. The molecule has 2 rings (SSSR count). The Labute approximate surface area is 116 Å². The predicted octanol–water partition coefficient (Wildman–Crippen LogP) is 4.58. The Morgan fingerprint density at radius 2 is 2.06 bits per heavy atom. The fourth-order valence-corrected chi connectivity index (χ4v) is 2.93. The summed E-state index contributed by atoms with van der Waals surface area (Å²) in [5, 5.41) is 1.75. The smallest absolute Gasteiger partial charge is 0.209 e. The van der Waals surface area contributed by atoms with Gasteiger partial charge in [0, 0.05) is 0 Å². The molecule has 18 heavy (non-hydrogen) atoms. The van der Waals surface area contributed by atoms with Crippen molar-refractivity contribution in [2.75, 3.05) is 0 Å². The van der Waals surface area contributed by atoms with Crippen LogP contribution >= 0.6 is 27.3 Å². The molecule has 0 bridgehead atoms. The molecule has 0 atom stereocenters. The first-order valence-corrected chi connectivity index (χ1v) is 6.98. The van der Waals surface area contributed by atoms with Crippen LogP contribution in [0.15, 0.2) is 28.1 Å². The number of carbonyl (C=O) groups excluding carboxylic acids is 1. The SMILES string of the molecule is CCc1ccsc1C(=O)c1c(F)ccc(Br)c1F. The van der Waals surface area contributed by atoms with Crippen LogP contribution in [0.5, 0.6) is 0 Å². The maximum atomic E-state index is 13.8. The van der Waals surface area contributed by atoms with E-state index in [4.69, 9.17) is 0 Å². The Balaban J connectivity index is 2.56. The Morgan fingerprint density at radius 1 is 1.33 bits per heavy atom. The highest BCUT2D eigenvalue weighted by atomic mass is 79.9. The van der Waals surface area contributed by atoms with Crippen molar-refractivity contribution >= 4 is 33.0 Å². The maximum Gasteiger partial charge on any atom is 0.209 e. The molecule has 0 saturated heterocycles. The third kappa shape index (κ3) is 2.24. The first kappa shape index (κ1) is 13.4. The Hall–Kier alpha value is -1.07. The average molecular weight is 331 g/mol. The number of halogens is 3. The van der Waals surface area contributed by atoms with Gasteiger partial charge in [0.15, 0.2) is 5.82 Å². The number of thiophene rings is 1. The summed E-state index contributed by atoms with van der Waals surface area (Å²) in [7, 11) is 0. The molecule has 5 heteroatoms. The lowest BCUT2D eigenvalue weighted by molar-refractivity contribution is 0.103. The van der Waals surface area contributed by atoms with Gasteiger partial charge >= 0.3 is 0 Å². The highest BCUT2D eigenvalue weighted by molar-refractivity contribution is 9.10. The molecule has 0 aliphatic heterocycles. The minimum Gasteiger partial charge on any atom is -0.287 e. The summed E-state index contributed by atoms with van der Waals surface area (Å²) in [6.07, 6.45) is 0.655. The standard InChI is InChI=1S/C13H9BrF2OS/c1-2-7-5-6-18-13(7)12(17)10-9(15)4-3-8(14)11(10)16/h3-6H,2H2,1H3. The van der Waals surface area contributed by atoms with Crippen LogP contribution in [0.3, 0.4) is 0 Å². The van der Waals surface area contributed by atoms with Crippen molar-refractivity contribution < 1.29 is 13.6 Å². The van der Waals surface area contributed by atoms with Crippen LogP contribution in [0.1, 0.15) is 27.7 Å². The predicted molar refractivity (Wildman–Crippen MR) is 71.2 cm³/mol. The maximum absolute atomic E-state index is 13.8. The van der Waals surface area contributed by atoms with E-state index in [-0.39, 0.29) is 4.47 Å². The lowest BCUT2D eigenvalue weighted by atomic mass is 10.0. The molecule has 1 nitrogen and oxygen atoms in total. The van der Waals surface area contributed by atoms with Crippen LogP contribution in [0.2, 0.25) is 0 Å². The van der Waals surface area contributed by atoms with Crippen LogP contribution in [-0.4, -0.2) is 5.78 Å². The lowest BCUT2D eigenvalue weighted by Gasteiger charge is -2.05.